The number of aromatic nitrogens is 4. The van der Waals surface area contributed by atoms with Gasteiger partial charge in [0.2, 0.25) is 0 Å². The van der Waals surface area contributed by atoms with Gasteiger partial charge in [-0.2, -0.15) is 0 Å². The van der Waals surface area contributed by atoms with E-state index in [4.69, 9.17) is 0 Å². The average molecular weight is 160 g/mol. The third kappa shape index (κ3) is 0.664. The van der Waals surface area contributed by atoms with Crippen molar-refractivity contribution < 1.29 is 0 Å². The van der Waals surface area contributed by atoms with Crippen molar-refractivity contribution in [3.8, 4) is 0 Å². The van der Waals surface area contributed by atoms with Crippen LogP contribution in [0.15, 0.2) is 24.8 Å². The second-order valence-corrected chi connectivity index (χ2v) is 2.94. The normalized spacial score (nSPS) is 14.0. The van der Waals surface area contributed by atoms with Crippen molar-refractivity contribution in [3.63, 3.8) is 0 Å². The van der Waals surface area contributed by atoms with Gasteiger partial charge < -0.3 is 9.13 Å². The first-order valence-corrected chi connectivity index (χ1v) is 3.93. The van der Waals surface area contributed by atoms with Crippen LogP contribution in [0.3, 0.4) is 0 Å². The Kier molecular flexibility index (Phi) is 0.983. The monoisotopic (exact) mass is 160 g/mol. The van der Waals surface area contributed by atoms with Crippen LogP contribution < -0.4 is 0 Å². The fourth-order valence-electron chi connectivity index (χ4n) is 1.58. The van der Waals surface area contributed by atoms with E-state index >= 15 is 0 Å². The highest BCUT2D eigenvalue weighted by Gasteiger charge is 2.14. The summed E-state index contributed by atoms with van der Waals surface area (Å²) >= 11 is 0. The molecule has 2 aromatic rings. The lowest BCUT2D eigenvalue weighted by Crippen LogP contribution is -2.18. The van der Waals surface area contributed by atoms with Gasteiger partial charge in [-0.25, -0.2) is 9.97 Å². The van der Waals surface area contributed by atoms with E-state index in [9.17, 15) is 0 Å². The van der Waals surface area contributed by atoms with Crippen molar-refractivity contribution in [1.29, 1.82) is 0 Å². The molecule has 0 saturated heterocycles. The van der Waals surface area contributed by atoms with Crippen LogP contribution in [-0.4, -0.2) is 19.1 Å². The summed E-state index contributed by atoms with van der Waals surface area (Å²) in [5.74, 6) is 2.22. The summed E-state index contributed by atoms with van der Waals surface area (Å²) in [6.07, 6.45) is 7.66. The van der Waals surface area contributed by atoms with Gasteiger partial charge in [-0.05, 0) is 0 Å². The SMILES string of the molecule is c1cn2c(n1)Cn1ccnc1C2. The first-order valence-electron chi connectivity index (χ1n) is 3.93. The maximum Gasteiger partial charge on any atom is 0.129 e. The van der Waals surface area contributed by atoms with E-state index in [1.165, 1.54) is 0 Å². The summed E-state index contributed by atoms with van der Waals surface area (Å²) in [4.78, 5) is 8.50. The van der Waals surface area contributed by atoms with Gasteiger partial charge >= 0.3 is 0 Å². The van der Waals surface area contributed by atoms with Gasteiger partial charge in [0, 0.05) is 24.8 Å². The zero-order valence-electron chi connectivity index (χ0n) is 6.51. The quantitative estimate of drug-likeness (QED) is 0.479. The van der Waals surface area contributed by atoms with E-state index in [0.717, 1.165) is 24.7 Å². The summed E-state index contributed by atoms with van der Waals surface area (Å²) in [7, 11) is 0. The number of hydrogen-bond donors (Lipinski definition) is 0. The molecule has 12 heavy (non-hydrogen) atoms. The van der Waals surface area contributed by atoms with Crippen molar-refractivity contribution >= 4 is 0 Å². The van der Waals surface area contributed by atoms with Gasteiger partial charge in [-0.15, -0.1) is 0 Å². The molecule has 0 saturated carbocycles. The highest BCUT2D eigenvalue weighted by molar-refractivity contribution is 5.06. The van der Waals surface area contributed by atoms with Crippen LogP contribution >= 0.6 is 0 Å². The Morgan fingerprint density at radius 2 is 1.42 bits per heavy atom. The van der Waals surface area contributed by atoms with Crippen molar-refractivity contribution in [1.82, 2.24) is 19.1 Å². The molecule has 60 valence electrons. The molecule has 1 aliphatic rings. The number of fused-ring (bicyclic) bond motifs is 2. The molecule has 0 spiro atoms. The highest BCUT2D eigenvalue weighted by Crippen LogP contribution is 2.12. The summed E-state index contributed by atoms with van der Waals surface area (Å²) in [6, 6.07) is 0. The molecule has 4 heteroatoms. The fourth-order valence-corrected chi connectivity index (χ4v) is 1.58. The predicted molar refractivity (Wildman–Crippen MR) is 42.7 cm³/mol. The van der Waals surface area contributed by atoms with Crippen LogP contribution in [-0.2, 0) is 13.1 Å². The molecular formula is C8H8N4. The molecule has 0 aromatic carbocycles. The first kappa shape index (κ1) is 5.99. The minimum Gasteiger partial charge on any atom is -0.326 e. The summed E-state index contributed by atoms with van der Waals surface area (Å²) in [6.45, 7) is 1.70. The van der Waals surface area contributed by atoms with E-state index in [2.05, 4.69) is 19.1 Å². The largest absolute Gasteiger partial charge is 0.326 e. The molecule has 0 fully saturated rings. The zero-order chi connectivity index (χ0) is 7.97. The van der Waals surface area contributed by atoms with E-state index < -0.39 is 0 Å². The van der Waals surface area contributed by atoms with Crippen molar-refractivity contribution in [2.45, 2.75) is 13.1 Å². The molecule has 3 heterocycles. The van der Waals surface area contributed by atoms with E-state index in [1.807, 2.05) is 24.8 Å². The van der Waals surface area contributed by atoms with Crippen molar-refractivity contribution in [2.75, 3.05) is 0 Å². The molecule has 4 nitrogen and oxygen atoms in total. The smallest absolute Gasteiger partial charge is 0.129 e. The van der Waals surface area contributed by atoms with E-state index in [-0.39, 0.29) is 0 Å². The minimum absolute atomic E-state index is 0.850. The maximum atomic E-state index is 4.25. The third-order valence-corrected chi connectivity index (χ3v) is 2.23. The Morgan fingerprint density at radius 1 is 0.917 bits per heavy atom. The molecule has 0 aliphatic carbocycles. The Bertz CT molecular complexity index is 339. The van der Waals surface area contributed by atoms with Gasteiger partial charge in [0.25, 0.3) is 0 Å². The number of nitrogens with zero attached hydrogens (tertiary/aromatic N) is 4. The second kappa shape index (κ2) is 1.97. The van der Waals surface area contributed by atoms with Gasteiger partial charge in [-0.3, -0.25) is 0 Å². The Hall–Kier alpha value is -1.58. The molecule has 0 atom stereocenters. The molecule has 0 amide bonds. The molecule has 0 bridgehead atoms. The fraction of sp³-hybridized carbons (Fsp3) is 0.250. The van der Waals surface area contributed by atoms with Crippen molar-refractivity contribution in [3.05, 3.63) is 36.4 Å². The van der Waals surface area contributed by atoms with Crippen molar-refractivity contribution in [2.24, 2.45) is 0 Å². The van der Waals surface area contributed by atoms with Crippen LogP contribution in [0.1, 0.15) is 11.6 Å². The summed E-state index contributed by atoms with van der Waals surface area (Å²) < 4.78 is 4.25. The molecule has 0 N–H and O–H groups in total. The number of imidazole rings is 2. The maximum absolute atomic E-state index is 4.25. The van der Waals surface area contributed by atoms with Crippen LogP contribution in [0, 0.1) is 0 Å². The van der Waals surface area contributed by atoms with Gasteiger partial charge in [0.05, 0.1) is 13.1 Å². The highest BCUT2D eigenvalue weighted by atomic mass is 15.2. The molecule has 0 radical (unpaired) electrons. The molecule has 1 aliphatic heterocycles. The Morgan fingerprint density at radius 3 is 1.92 bits per heavy atom. The van der Waals surface area contributed by atoms with Crippen LogP contribution in [0.4, 0.5) is 0 Å². The number of rotatable bonds is 0. The average Bonchev–Trinajstić information content (AvgIpc) is 2.64. The Labute approximate surface area is 69.5 Å². The molecule has 3 rings (SSSR count). The van der Waals surface area contributed by atoms with E-state index in [1.54, 1.807) is 0 Å². The molecule has 0 unspecified atom stereocenters. The Balaban J connectivity index is 2.15. The van der Waals surface area contributed by atoms with Gasteiger partial charge in [0.1, 0.15) is 11.6 Å². The third-order valence-electron chi connectivity index (χ3n) is 2.23. The lowest BCUT2D eigenvalue weighted by atomic mass is 10.4. The van der Waals surface area contributed by atoms with Crippen LogP contribution in [0.5, 0.6) is 0 Å². The second-order valence-electron chi connectivity index (χ2n) is 2.94. The summed E-state index contributed by atoms with van der Waals surface area (Å²) in [5, 5.41) is 0. The van der Waals surface area contributed by atoms with Crippen LogP contribution in [0.25, 0.3) is 0 Å². The lowest BCUT2D eigenvalue weighted by molar-refractivity contribution is 0.563. The topological polar surface area (TPSA) is 35.6 Å². The molecule has 2 aromatic heterocycles. The zero-order valence-corrected chi connectivity index (χ0v) is 6.51. The standard InChI is InChI=1S/C8H8N4/c1-3-11-6-8-10-2-4-12(8)5-7(11)9-1/h1-4H,5-6H2. The molecular weight excluding hydrogens is 152 g/mol. The number of hydrogen-bond acceptors (Lipinski definition) is 2. The predicted octanol–water partition coefficient (Wildman–Crippen LogP) is 0.490. The van der Waals surface area contributed by atoms with Crippen LogP contribution in [0.2, 0.25) is 0 Å². The summed E-state index contributed by atoms with van der Waals surface area (Å²) in [5.41, 5.74) is 0. The van der Waals surface area contributed by atoms with Gasteiger partial charge in [-0.1, -0.05) is 0 Å². The lowest BCUT2D eigenvalue weighted by Gasteiger charge is -2.15. The minimum atomic E-state index is 0.850. The van der Waals surface area contributed by atoms with Gasteiger partial charge in [0.15, 0.2) is 0 Å². The van der Waals surface area contributed by atoms with E-state index in [0.29, 0.717) is 0 Å². The first-order chi connectivity index (χ1) is 5.93.